The van der Waals surface area contributed by atoms with Crippen molar-refractivity contribution in [2.24, 2.45) is 7.05 Å². The summed E-state index contributed by atoms with van der Waals surface area (Å²) in [4.78, 5) is 0. The van der Waals surface area contributed by atoms with Gasteiger partial charge in [-0.2, -0.15) is 5.10 Å². The zero-order valence-corrected chi connectivity index (χ0v) is 10.9. The Kier molecular flexibility index (Phi) is 3.66. The lowest BCUT2D eigenvalue weighted by atomic mass is 9.90. The first-order valence-corrected chi connectivity index (χ1v) is 6.05. The normalized spacial score (nSPS) is 14.4. The molecule has 1 aromatic carbocycles. The largest absolute Gasteiger partial charge is 0.385 e. The number of aliphatic hydroxyl groups is 1. The minimum atomic E-state index is -1.42. The predicted molar refractivity (Wildman–Crippen MR) is 67.5 cm³/mol. The van der Waals surface area contributed by atoms with E-state index in [0.717, 1.165) is 11.8 Å². The fraction of sp³-hybridized carbons (Fsp3) is 0.357. The molecule has 0 spiro atoms. The summed E-state index contributed by atoms with van der Waals surface area (Å²) < 4.78 is 28.6. The van der Waals surface area contributed by atoms with Gasteiger partial charge >= 0.3 is 0 Å². The third kappa shape index (κ3) is 2.81. The Morgan fingerprint density at radius 3 is 2.68 bits per heavy atom. The van der Waals surface area contributed by atoms with Gasteiger partial charge in [-0.25, -0.2) is 8.78 Å². The zero-order valence-electron chi connectivity index (χ0n) is 10.9. The first kappa shape index (κ1) is 13.7. The number of hydrogen-bond donors (Lipinski definition) is 1. The molecule has 2 aromatic rings. The van der Waals surface area contributed by atoms with Crippen LogP contribution < -0.4 is 0 Å². The maximum absolute atomic E-state index is 13.7. The van der Waals surface area contributed by atoms with Crippen molar-refractivity contribution < 1.29 is 13.9 Å². The summed E-state index contributed by atoms with van der Waals surface area (Å²) in [7, 11) is 1.80. The zero-order chi connectivity index (χ0) is 14.0. The summed E-state index contributed by atoms with van der Waals surface area (Å²) >= 11 is 0. The molecule has 5 heteroatoms. The van der Waals surface area contributed by atoms with Crippen molar-refractivity contribution in [3.63, 3.8) is 0 Å². The van der Waals surface area contributed by atoms with E-state index >= 15 is 0 Å². The van der Waals surface area contributed by atoms with Gasteiger partial charge in [-0.05, 0) is 31.9 Å². The molecule has 1 unspecified atom stereocenters. The second-order valence-electron chi connectivity index (χ2n) is 4.82. The van der Waals surface area contributed by atoms with Crippen LogP contribution in [0.5, 0.6) is 0 Å². The van der Waals surface area contributed by atoms with Gasteiger partial charge in [-0.3, -0.25) is 4.68 Å². The first-order chi connectivity index (χ1) is 8.92. The minimum absolute atomic E-state index is 0.0188. The van der Waals surface area contributed by atoms with Crippen LogP contribution in [0, 0.1) is 11.6 Å². The highest BCUT2D eigenvalue weighted by molar-refractivity contribution is 5.25. The summed E-state index contributed by atoms with van der Waals surface area (Å²) in [6.07, 6.45) is 2.47. The average molecular weight is 266 g/mol. The first-order valence-electron chi connectivity index (χ1n) is 6.05. The molecule has 0 amide bonds. The van der Waals surface area contributed by atoms with E-state index in [-0.39, 0.29) is 12.0 Å². The van der Waals surface area contributed by atoms with Gasteiger partial charge in [0.2, 0.25) is 0 Å². The second kappa shape index (κ2) is 5.09. The van der Waals surface area contributed by atoms with E-state index in [4.69, 9.17) is 0 Å². The highest BCUT2D eigenvalue weighted by Crippen LogP contribution is 2.29. The van der Waals surface area contributed by atoms with Crippen molar-refractivity contribution in [3.8, 4) is 0 Å². The van der Waals surface area contributed by atoms with E-state index in [1.54, 1.807) is 17.9 Å². The standard InChI is InChI=1S/C14H16F2N2O/c1-14(19,8-6-10-7-9-17-18(10)2)11-4-3-5-12(15)13(11)16/h3-5,7,9,19H,6,8H2,1-2H3. The molecule has 1 N–H and O–H groups in total. The van der Waals surface area contributed by atoms with Gasteiger partial charge in [-0.15, -0.1) is 0 Å². The summed E-state index contributed by atoms with van der Waals surface area (Å²) in [6, 6.07) is 5.67. The summed E-state index contributed by atoms with van der Waals surface area (Å²) in [5.74, 6) is -1.93. The molecule has 0 aliphatic carbocycles. The highest BCUT2D eigenvalue weighted by atomic mass is 19.2. The lowest BCUT2D eigenvalue weighted by Crippen LogP contribution is -2.24. The number of hydrogen-bond acceptors (Lipinski definition) is 2. The van der Waals surface area contributed by atoms with Gasteiger partial charge < -0.3 is 5.11 Å². The van der Waals surface area contributed by atoms with Crippen molar-refractivity contribution in [2.45, 2.75) is 25.4 Å². The molecule has 0 radical (unpaired) electrons. The van der Waals surface area contributed by atoms with Gasteiger partial charge in [0.1, 0.15) is 0 Å². The molecule has 102 valence electrons. The van der Waals surface area contributed by atoms with Crippen LogP contribution in [0.3, 0.4) is 0 Å². The number of rotatable bonds is 4. The Morgan fingerprint density at radius 1 is 1.32 bits per heavy atom. The van der Waals surface area contributed by atoms with E-state index in [9.17, 15) is 13.9 Å². The van der Waals surface area contributed by atoms with Crippen LogP contribution in [0.25, 0.3) is 0 Å². The third-order valence-electron chi connectivity index (χ3n) is 3.32. The maximum Gasteiger partial charge on any atom is 0.164 e. The Labute approximate surface area is 110 Å². The third-order valence-corrected chi connectivity index (χ3v) is 3.32. The molecule has 0 saturated heterocycles. The molecule has 1 atom stereocenters. The van der Waals surface area contributed by atoms with E-state index in [0.29, 0.717) is 6.42 Å². The van der Waals surface area contributed by atoms with Gasteiger partial charge in [0.25, 0.3) is 0 Å². The SMILES string of the molecule is Cn1nccc1CCC(C)(O)c1cccc(F)c1F. The van der Waals surface area contributed by atoms with Gasteiger partial charge in [0.05, 0.1) is 5.60 Å². The van der Waals surface area contributed by atoms with Gasteiger partial charge in [0, 0.05) is 24.5 Å². The van der Waals surface area contributed by atoms with E-state index in [2.05, 4.69) is 5.10 Å². The molecule has 1 heterocycles. The van der Waals surface area contributed by atoms with Crippen molar-refractivity contribution in [1.82, 2.24) is 9.78 Å². The molecule has 19 heavy (non-hydrogen) atoms. The van der Waals surface area contributed by atoms with Crippen LogP contribution >= 0.6 is 0 Å². The molecule has 1 aromatic heterocycles. The summed E-state index contributed by atoms with van der Waals surface area (Å²) in [5.41, 5.74) is -0.511. The second-order valence-corrected chi connectivity index (χ2v) is 4.82. The quantitative estimate of drug-likeness (QED) is 0.923. The van der Waals surface area contributed by atoms with Crippen LogP contribution in [0.2, 0.25) is 0 Å². The molecule has 0 bridgehead atoms. The molecule has 2 rings (SSSR count). The van der Waals surface area contributed by atoms with Crippen LogP contribution in [-0.4, -0.2) is 14.9 Å². The summed E-state index contributed by atoms with van der Waals surface area (Å²) in [5, 5.41) is 14.4. The Hall–Kier alpha value is -1.75. The number of aryl methyl sites for hydroxylation is 2. The number of halogens is 2. The van der Waals surface area contributed by atoms with Crippen molar-refractivity contribution in [3.05, 3.63) is 53.4 Å². The summed E-state index contributed by atoms with van der Waals surface area (Å²) in [6.45, 7) is 1.49. The van der Waals surface area contributed by atoms with E-state index in [1.807, 2.05) is 6.07 Å². The number of aromatic nitrogens is 2. The van der Waals surface area contributed by atoms with Crippen molar-refractivity contribution >= 4 is 0 Å². The van der Waals surface area contributed by atoms with Crippen molar-refractivity contribution in [2.75, 3.05) is 0 Å². The lowest BCUT2D eigenvalue weighted by Gasteiger charge is -2.24. The van der Waals surface area contributed by atoms with Crippen LogP contribution in [0.4, 0.5) is 8.78 Å². The van der Waals surface area contributed by atoms with Crippen LogP contribution in [0.1, 0.15) is 24.6 Å². The van der Waals surface area contributed by atoms with Gasteiger partial charge in [0.15, 0.2) is 11.6 Å². The Bertz CT molecular complexity index is 579. The van der Waals surface area contributed by atoms with Crippen molar-refractivity contribution in [1.29, 1.82) is 0 Å². The maximum atomic E-state index is 13.7. The monoisotopic (exact) mass is 266 g/mol. The van der Waals surface area contributed by atoms with Gasteiger partial charge in [-0.1, -0.05) is 12.1 Å². The predicted octanol–water partition coefficient (Wildman–Crippen LogP) is 2.54. The molecule has 3 nitrogen and oxygen atoms in total. The molecular weight excluding hydrogens is 250 g/mol. The minimum Gasteiger partial charge on any atom is -0.385 e. The highest BCUT2D eigenvalue weighted by Gasteiger charge is 2.28. The van der Waals surface area contributed by atoms with E-state index in [1.165, 1.54) is 19.1 Å². The average Bonchev–Trinajstić information content (AvgIpc) is 2.76. The molecule has 0 aliphatic heterocycles. The van der Waals surface area contributed by atoms with E-state index < -0.39 is 17.2 Å². The smallest absolute Gasteiger partial charge is 0.164 e. The van der Waals surface area contributed by atoms with Crippen LogP contribution in [-0.2, 0) is 19.1 Å². The molecule has 0 aliphatic rings. The number of nitrogens with zero attached hydrogens (tertiary/aromatic N) is 2. The van der Waals surface area contributed by atoms with Crippen LogP contribution in [0.15, 0.2) is 30.5 Å². The molecule has 0 fully saturated rings. The fourth-order valence-electron chi connectivity index (χ4n) is 2.07. The Balaban J connectivity index is 2.18. The lowest BCUT2D eigenvalue weighted by molar-refractivity contribution is 0.0431. The topological polar surface area (TPSA) is 38.0 Å². The molecule has 0 saturated carbocycles. The molecular formula is C14H16F2N2O. The Morgan fingerprint density at radius 2 is 2.05 bits per heavy atom. The fourth-order valence-corrected chi connectivity index (χ4v) is 2.07. The number of benzene rings is 1.